The second-order valence-corrected chi connectivity index (χ2v) is 2.79. The molecule has 1 aliphatic rings. The number of rotatable bonds is 0. The Bertz CT molecular complexity index is 129. The van der Waals surface area contributed by atoms with Crippen molar-refractivity contribution in [3.05, 3.63) is 0 Å². The van der Waals surface area contributed by atoms with Crippen LogP contribution >= 0.6 is 0 Å². The maximum absolute atomic E-state index is 9.17. The Morgan fingerprint density at radius 2 is 1.73 bits per heavy atom. The molecule has 1 heterocycles. The van der Waals surface area contributed by atoms with Gasteiger partial charge in [0.1, 0.15) is 12.2 Å². The van der Waals surface area contributed by atoms with Crippen molar-refractivity contribution in [2.24, 2.45) is 5.73 Å². The summed E-state index contributed by atoms with van der Waals surface area (Å²) in [6, 6.07) is -0.929. The minimum atomic E-state index is -1.19. The second kappa shape index (κ2) is 3.04. The standard InChI is InChI=1S/C6H13NO4/c1-2-4(8)5(9)3(7)6(10)11-2/h2-6,8-10H,7H2,1H3/t2-,3+,4+,5?,6-/m0/s1. The monoisotopic (exact) mass is 163 g/mol. The smallest absolute Gasteiger partial charge is 0.172 e. The molecule has 0 aromatic rings. The van der Waals surface area contributed by atoms with Crippen LogP contribution in [0.1, 0.15) is 6.92 Å². The van der Waals surface area contributed by atoms with Crippen molar-refractivity contribution in [2.75, 3.05) is 0 Å². The Morgan fingerprint density at radius 3 is 2.27 bits per heavy atom. The molecule has 0 bridgehead atoms. The van der Waals surface area contributed by atoms with E-state index in [2.05, 4.69) is 0 Å². The number of nitrogens with two attached hydrogens (primary N) is 1. The van der Waals surface area contributed by atoms with Crippen LogP contribution in [-0.4, -0.2) is 46.0 Å². The maximum atomic E-state index is 9.17. The molecule has 1 fully saturated rings. The van der Waals surface area contributed by atoms with Crippen molar-refractivity contribution < 1.29 is 20.1 Å². The number of aliphatic hydroxyl groups excluding tert-OH is 3. The molecule has 1 saturated heterocycles. The van der Waals surface area contributed by atoms with Crippen LogP contribution in [0.25, 0.3) is 0 Å². The van der Waals surface area contributed by atoms with Crippen molar-refractivity contribution in [3.8, 4) is 0 Å². The van der Waals surface area contributed by atoms with E-state index in [0.717, 1.165) is 0 Å². The summed E-state index contributed by atoms with van der Waals surface area (Å²) in [5.41, 5.74) is 5.29. The topological polar surface area (TPSA) is 95.9 Å². The first-order valence-electron chi connectivity index (χ1n) is 3.49. The van der Waals surface area contributed by atoms with Gasteiger partial charge >= 0.3 is 0 Å². The Hall–Kier alpha value is -0.200. The van der Waals surface area contributed by atoms with Crippen molar-refractivity contribution in [3.63, 3.8) is 0 Å². The van der Waals surface area contributed by atoms with Crippen LogP contribution in [0.5, 0.6) is 0 Å². The molecule has 5 heteroatoms. The lowest BCUT2D eigenvalue weighted by molar-refractivity contribution is -0.236. The maximum Gasteiger partial charge on any atom is 0.172 e. The second-order valence-electron chi connectivity index (χ2n) is 2.79. The molecule has 0 saturated carbocycles. The molecule has 0 spiro atoms. The van der Waals surface area contributed by atoms with Gasteiger partial charge < -0.3 is 25.8 Å². The highest BCUT2D eigenvalue weighted by atomic mass is 16.6. The molecule has 0 radical (unpaired) electrons. The van der Waals surface area contributed by atoms with E-state index in [0.29, 0.717) is 0 Å². The van der Waals surface area contributed by atoms with Gasteiger partial charge in [-0.2, -0.15) is 0 Å². The molecule has 1 aliphatic heterocycles. The molecular formula is C6H13NO4. The van der Waals surface area contributed by atoms with Crippen LogP contribution in [-0.2, 0) is 4.74 Å². The molecule has 5 nitrogen and oxygen atoms in total. The predicted molar refractivity (Wildman–Crippen MR) is 36.5 cm³/mol. The largest absolute Gasteiger partial charge is 0.388 e. The van der Waals surface area contributed by atoms with Crippen LogP contribution < -0.4 is 5.73 Å². The van der Waals surface area contributed by atoms with Gasteiger partial charge in [-0.15, -0.1) is 0 Å². The Kier molecular flexibility index (Phi) is 2.46. The molecule has 5 atom stereocenters. The van der Waals surface area contributed by atoms with E-state index in [1.54, 1.807) is 6.92 Å². The minimum Gasteiger partial charge on any atom is -0.388 e. The molecule has 0 aliphatic carbocycles. The highest BCUT2D eigenvalue weighted by Gasteiger charge is 2.39. The third kappa shape index (κ3) is 1.52. The number of ether oxygens (including phenoxy) is 1. The molecule has 66 valence electrons. The van der Waals surface area contributed by atoms with Crippen LogP contribution in [0.15, 0.2) is 0 Å². The predicted octanol–water partition coefficient (Wildman–Crippen LogP) is -2.23. The van der Waals surface area contributed by atoms with Crippen molar-refractivity contribution in [1.82, 2.24) is 0 Å². The number of aliphatic hydroxyl groups is 3. The molecule has 0 aromatic heterocycles. The zero-order valence-corrected chi connectivity index (χ0v) is 6.21. The summed E-state index contributed by atoms with van der Waals surface area (Å²) in [5.74, 6) is 0. The van der Waals surface area contributed by atoms with Gasteiger partial charge in [0, 0.05) is 0 Å². The minimum absolute atomic E-state index is 0.584. The lowest BCUT2D eigenvalue weighted by Gasteiger charge is -2.37. The summed E-state index contributed by atoms with van der Waals surface area (Å²) in [7, 11) is 0. The molecule has 1 rings (SSSR count). The third-order valence-corrected chi connectivity index (χ3v) is 1.91. The van der Waals surface area contributed by atoms with Crippen LogP contribution in [0.3, 0.4) is 0 Å². The molecule has 5 N–H and O–H groups in total. The Morgan fingerprint density at radius 1 is 1.18 bits per heavy atom. The zero-order chi connectivity index (χ0) is 8.59. The summed E-state index contributed by atoms with van der Waals surface area (Å²) in [5, 5.41) is 27.4. The van der Waals surface area contributed by atoms with Crippen molar-refractivity contribution >= 4 is 0 Å². The van der Waals surface area contributed by atoms with E-state index in [-0.39, 0.29) is 0 Å². The first-order valence-corrected chi connectivity index (χ1v) is 3.49. The van der Waals surface area contributed by atoms with E-state index >= 15 is 0 Å². The summed E-state index contributed by atoms with van der Waals surface area (Å²) in [4.78, 5) is 0. The number of hydrogen-bond donors (Lipinski definition) is 4. The van der Waals surface area contributed by atoms with E-state index in [4.69, 9.17) is 20.7 Å². The van der Waals surface area contributed by atoms with Crippen LogP contribution in [0, 0.1) is 0 Å². The first kappa shape index (κ1) is 8.89. The van der Waals surface area contributed by atoms with Crippen LogP contribution in [0.4, 0.5) is 0 Å². The van der Waals surface area contributed by atoms with E-state index in [1.165, 1.54) is 0 Å². The number of hydrogen-bond acceptors (Lipinski definition) is 5. The van der Waals surface area contributed by atoms with Gasteiger partial charge in [-0.25, -0.2) is 0 Å². The first-order chi connectivity index (χ1) is 5.04. The van der Waals surface area contributed by atoms with Gasteiger partial charge in [0.2, 0.25) is 0 Å². The third-order valence-electron chi connectivity index (χ3n) is 1.91. The van der Waals surface area contributed by atoms with Gasteiger partial charge in [-0.3, -0.25) is 0 Å². The van der Waals surface area contributed by atoms with Gasteiger partial charge in [-0.1, -0.05) is 0 Å². The highest BCUT2D eigenvalue weighted by molar-refractivity contribution is 4.88. The van der Waals surface area contributed by atoms with E-state index in [1.807, 2.05) is 0 Å². The Balaban J connectivity index is 2.63. The molecular weight excluding hydrogens is 150 g/mol. The summed E-state index contributed by atoms with van der Waals surface area (Å²) >= 11 is 0. The van der Waals surface area contributed by atoms with Gasteiger partial charge in [0.25, 0.3) is 0 Å². The van der Waals surface area contributed by atoms with Crippen molar-refractivity contribution in [2.45, 2.75) is 37.6 Å². The van der Waals surface area contributed by atoms with Crippen LogP contribution in [0.2, 0.25) is 0 Å². The highest BCUT2D eigenvalue weighted by Crippen LogP contribution is 2.17. The summed E-state index contributed by atoms with van der Waals surface area (Å²) < 4.78 is 4.80. The molecule has 0 aromatic carbocycles. The van der Waals surface area contributed by atoms with E-state index < -0.39 is 30.6 Å². The Labute approximate surface area is 64.4 Å². The van der Waals surface area contributed by atoms with Gasteiger partial charge in [0.05, 0.1) is 12.1 Å². The normalized spacial score (nSPS) is 52.6. The van der Waals surface area contributed by atoms with Crippen molar-refractivity contribution in [1.29, 1.82) is 0 Å². The van der Waals surface area contributed by atoms with Gasteiger partial charge in [0.15, 0.2) is 6.29 Å². The molecule has 11 heavy (non-hydrogen) atoms. The lowest BCUT2D eigenvalue weighted by Crippen LogP contribution is -2.60. The average molecular weight is 163 g/mol. The molecule has 0 amide bonds. The summed E-state index contributed by atoms with van der Waals surface area (Å²) in [6.07, 6.45) is -3.91. The average Bonchev–Trinajstić information content (AvgIpc) is 1.97. The fourth-order valence-electron chi connectivity index (χ4n) is 1.07. The quantitative estimate of drug-likeness (QED) is 0.324. The zero-order valence-electron chi connectivity index (χ0n) is 6.21. The van der Waals surface area contributed by atoms with E-state index in [9.17, 15) is 5.11 Å². The lowest BCUT2D eigenvalue weighted by atomic mass is 9.99. The summed E-state index contributed by atoms with van der Waals surface area (Å²) in [6.45, 7) is 1.56. The van der Waals surface area contributed by atoms with Gasteiger partial charge in [-0.05, 0) is 6.92 Å². The fraction of sp³-hybridized carbons (Fsp3) is 1.00. The molecule has 1 unspecified atom stereocenters. The fourth-order valence-corrected chi connectivity index (χ4v) is 1.07. The SMILES string of the molecule is C[C@@H]1O[C@H](O)[C@H](N)C(O)[C@@H]1O.